The Morgan fingerprint density at radius 3 is 2.44 bits per heavy atom. The lowest BCUT2D eigenvalue weighted by Gasteiger charge is -2.33. The number of hydrogen-bond acceptors (Lipinski definition) is 7. The van der Waals surface area contributed by atoms with Crippen LogP contribution in [-0.2, 0) is 14.8 Å². The Bertz CT molecular complexity index is 1300. The van der Waals surface area contributed by atoms with Crippen molar-refractivity contribution in [2.45, 2.75) is 31.1 Å². The maximum atomic E-state index is 13.7. The summed E-state index contributed by atoms with van der Waals surface area (Å²) in [7, 11) is 2.07. The van der Waals surface area contributed by atoms with Crippen molar-refractivity contribution in [3.63, 3.8) is 0 Å². The number of ether oxygens (including phenoxy) is 1. The van der Waals surface area contributed by atoms with Gasteiger partial charge in [0.15, 0.2) is 5.13 Å². The van der Waals surface area contributed by atoms with Crippen LogP contribution in [0, 0.1) is 12.8 Å². The number of anilines is 1. The maximum Gasteiger partial charge on any atom is 0.243 e. The average molecular weight is 531 g/mol. The van der Waals surface area contributed by atoms with Crippen LogP contribution >= 0.6 is 11.3 Å². The summed E-state index contributed by atoms with van der Waals surface area (Å²) < 4.78 is 34.1. The molecular formula is C26H34N4O4S2. The number of fused-ring (bicyclic) bond motifs is 1. The van der Waals surface area contributed by atoms with E-state index in [1.54, 1.807) is 24.1 Å². The van der Waals surface area contributed by atoms with Gasteiger partial charge in [-0.25, -0.2) is 13.4 Å². The molecule has 1 aliphatic rings. The number of amides is 1. The Morgan fingerprint density at radius 1 is 1.11 bits per heavy atom. The average Bonchev–Trinajstić information content (AvgIpc) is 3.30. The van der Waals surface area contributed by atoms with Gasteiger partial charge in [0.2, 0.25) is 15.9 Å². The molecule has 0 bridgehead atoms. The number of nitrogens with zero attached hydrogens (tertiary/aromatic N) is 4. The number of rotatable bonds is 9. The molecule has 36 heavy (non-hydrogen) atoms. The van der Waals surface area contributed by atoms with Crippen molar-refractivity contribution in [1.29, 1.82) is 0 Å². The first-order chi connectivity index (χ1) is 17.2. The minimum atomic E-state index is -3.57. The molecule has 8 nitrogen and oxygen atoms in total. The summed E-state index contributed by atoms with van der Waals surface area (Å²) in [6.45, 7) is 3.99. The van der Waals surface area contributed by atoms with Gasteiger partial charge in [-0.05, 0) is 71.1 Å². The molecule has 0 unspecified atom stereocenters. The van der Waals surface area contributed by atoms with Crippen LogP contribution in [0.25, 0.3) is 10.2 Å². The summed E-state index contributed by atoms with van der Waals surface area (Å²) in [6.07, 6.45) is 1.79. The third-order valence-corrected chi connectivity index (χ3v) is 9.49. The minimum Gasteiger partial charge on any atom is -0.494 e. The molecule has 0 aliphatic carbocycles. The monoisotopic (exact) mass is 530 g/mol. The van der Waals surface area contributed by atoms with E-state index in [9.17, 15) is 13.2 Å². The lowest BCUT2D eigenvalue weighted by Crippen LogP contribution is -2.45. The Balaban J connectivity index is 1.51. The zero-order valence-electron chi connectivity index (χ0n) is 21.3. The van der Waals surface area contributed by atoms with E-state index < -0.39 is 10.0 Å². The molecule has 0 saturated carbocycles. The second-order valence-corrected chi connectivity index (χ2v) is 12.4. The lowest BCUT2D eigenvalue weighted by atomic mass is 9.96. The lowest BCUT2D eigenvalue weighted by molar-refractivity contribution is -0.123. The van der Waals surface area contributed by atoms with E-state index >= 15 is 0 Å². The van der Waals surface area contributed by atoms with Gasteiger partial charge < -0.3 is 9.64 Å². The fourth-order valence-electron chi connectivity index (χ4n) is 4.46. The molecule has 1 amide bonds. The van der Waals surface area contributed by atoms with E-state index in [4.69, 9.17) is 9.72 Å². The standard InChI is InChI=1S/C26H34N4O4S2/c1-19-9-11-21(12-10-19)36(32,33)29-17-13-20(14-18-29)25(31)30(16-6-15-28(2)3)26-27-24-22(34-4)7-5-8-23(24)35-26/h5,7-12,20H,6,13-18H2,1-4H3. The largest absolute Gasteiger partial charge is 0.494 e. The minimum absolute atomic E-state index is 0.0131. The molecule has 2 heterocycles. The van der Waals surface area contributed by atoms with E-state index in [-0.39, 0.29) is 11.8 Å². The van der Waals surface area contributed by atoms with Gasteiger partial charge in [-0.3, -0.25) is 9.69 Å². The Kier molecular flexibility index (Phi) is 8.29. The molecule has 1 aromatic heterocycles. The molecular weight excluding hydrogens is 496 g/mol. The number of methoxy groups -OCH3 is 1. The molecule has 0 N–H and O–H groups in total. The van der Waals surface area contributed by atoms with Crippen LogP contribution in [-0.4, -0.2) is 75.9 Å². The van der Waals surface area contributed by atoms with Crippen LogP contribution < -0.4 is 9.64 Å². The van der Waals surface area contributed by atoms with Gasteiger partial charge >= 0.3 is 0 Å². The summed E-state index contributed by atoms with van der Waals surface area (Å²) >= 11 is 1.48. The summed E-state index contributed by atoms with van der Waals surface area (Å²) in [5.74, 6) is 0.451. The maximum absolute atomic E-state index is 13.7. The van der Waals surface area contributed by atoms with Crippen molar-refractivity contribution >= 4 is 42.6 Å². The number of thiazole rings is 1. The molecule has 0 atom stereocenters. The number of sulfonamides is 1. The highest BCUT2D eigenvalue weighted by Gasteiger charge is 2.35. The Hall–Kier alpha value is -2.53. The quantitative estimate of drug-likeness (QED) is 0.416. The summed E-state index contributed by atoms with van der Waals surface area (Å²) in [5.41, 5.74) is 1.77. The smallest absolute Gasteiger partial charge is 0.243 e. The highest BCUT2D eigenvalue weighted by Crippen LogP contribution is 2.35. The summed E-state index contributed by atoms with van der Waals surface area (Å²) in [6, 6.07) is 12.7. The number of carbonyl (C=O) groups excluding carboxylic acids is 1. The van der Waals surface area contributed by atoms with E-state index in [0.717, 1.165) is 28.7 Å². The van der Waals surface area contributed by atoms with Crippen LogP contribution in [0.2, 0.25) is 0 Å². The van der Waals surface area contributed by atoms with Gasteiger partial charge in [0.25, 0.3) is 0 Å². The normalized spacial score (nSPS) is 15.5. The molecule has 0 radical (unpaired) electrons. The van der Waals surface area contributed by atoms with Crippen molar-refractivity contribution < 1.29 is 17.9 Å². The predicted octanol–water partition coefficient (Wildman–Crippen LogP) is 4.00. The number of benzene rings is 2. The van der Waals surface area contributed by atoms with Crippen LogP contribution in [0.1, 0.15) is 24.8 Å². The van der Waals surface area contributed by atoms with Crippen molar-refractivity contribution in [2.24, 2.45) is 5.92 Å². The molecule has 3 aromatic rings. The number of aryl methyl sites for hydroxylation is 1. The van der Waals surface area contributed by atoms with E-state index in [2.05, 4.69) is 4.90 Å². The van der Waals surface area contributed by atoms with Crippen LogP contribution in [0.5, 0.6) is 5.75 Å². The number of piperidine rings is 1. The summed E-state index contributed by atoms with van der Waals surface area (Å²) in [5, 5.41) is 0.660. The molecule has 1 fully saturated rings. The fourth-order valence-corrected chi connectivity index (χ4v) is 6.94. The van der Waals surface area contributed by atoms with Gasteiger partial charge in [-0.1, -0.05) is 35.1 Å². The van der Waals surface area contributed by atoms with Gasteiger partial charge in [0.1, 0.15) is 11.3 Å². The molecule has 194 valence electrons. The fraction of sp³-hybridized carbons (Fsp3) is 0.462. The molecule has 1 aliphatic heterocycles. The first-order valence-electron chi connectivity index (χ1n) is 12.2. The molecule has 1 saturated heterocycles. The number of aromatic nitrogens is 1. The third kappa shape index (κ3) is 5.72. The molecule has 2 aromatic carbocycles. The van der Waals surface area contributed by atoms with E-state index in [1.807, 2.05) is 51.4 Å². The van der Waals surface area contributed by atoms with Crippen LogP contribution in [0.3, 0.4) is 0 Å². The first-order valence-corrected chi connectivity index (χ1v) is 14.4. The summed E-state index contributed by atoms with van der Waals surface area (Å²) in [4.78, 5) is 22.7. The van der Waals surface area contributed by atoms with E-state index in [1.165, 1.54) is 15.6 Å². The van der Waals surface area contributed by atoms with Crippen LogP contribution in [0.15, 0.2) is 47.4 Å². The van der Waals surface area contributed by atoms with Gasteiger partial charge in [-0.2, -0.15) is 4.31 Å². The first kappa shape index (κ1) is 26.5. The van der Waals surface area contributed by atoms with Crippen molar-refractivity contribution in [2.75, 3.05) is 52.3 Å². The second kappa shape index (κ2) is 11.2. The highest BCUT2D eigenvalue weighted by molar-refractivity contribution is 7.89. The van der Waals surface area contributed by atoms with Crippen molar-refractivity contribution in [3.8, 4) is 5.75 Å². The number of hydrogen-bond donors (Lipinski definition) is 0. The van der Waals surface area contributed by atoms with Crippen LogP contribution in [0.4, 0.5) is 5.13 Å². The van der Waals surface area contributed by atoms with Crippen molar-refractivity contribution in [3.05, 3.63) is 48.0 Å². The SMILES string of the molecule is COc1cccc2sc(N(CCCN(C)C)C(=O)C3CCN(S(=O)(=O)c4ccc(C)cc4)CC3)nc12. The molecule has 4 rings (SSSR count). The predicted molar refractivity (Wildman–Crippen MR) is 144 cm³/mol. The van der Waals surface area contributed by atoms with Crippen molar-refractivity contribution in [1.82, 2.24) is 14.2 Å². The number of para-hydroxylation sites is 1. The number of carbonyl (C=O) groups is 1. The van der Waals surface area contributed by atoms with Gasteiger partial charge in [0, 0.05) is 25.6 Å². The highest BCUT2D eigenvalue weighted by atomic mass is 32.2. The van der Waals surface area contributed by atoms with Gasteiger partial charge in [-0.15, -0.1) is 0 Å². The van der Waals surface area contributed by atoms with Gasteiger partial charge in [0.05, 0.1) is 16.7 Å². The zero-order valence-corrected chi connectivity index (χ0v) is 22.9. The second-order valence-electron chi connectivity index (χ2n) is 9.44. The van der Waals surface area contributed by atoms with E-state index in [0.29, 0.717) is 48.3 Å². The zero-order chi connectivity index (χ0) is 25.9. The Labute approximate surface area is 217 Å². The Morgan fingerprint density at radius 2 is 1.81 bits per heavy atom. The molecule has 10 heteroatoms. The third-order valence-electron chi connectivity index (χ3n) is 6.54. The topological polar surface area (TPSA) is 83.0 Å². The molecule has 0 spiro atoms.